The monoisotopic (exact) mass is 285 g/mol. The molecule has 0 bridgehead atoms. The van der Waals surface area contributed by atoms with Gasteiger partial charge in [-0.05, 0) is 18.5 Å². The fourth-order valence-electron chi connectivity index (χ4n) is 3.85. The molecular formula is C13H27NO2Si2. The van der Waals surface area contributed by atoms with Crippen molar-refractivity contribution >= 4 is 21.5 Å². The van der Waals surface area contributed by atoms with Gasteiger partial charge in [0, 0.05) is 0 Å². The molecule has 0 N–H and O–H groups in total. The van der Waals surface area contributed by atoms with E-state index in [1.54, 1.807) is 6.08 Å². The molecule has 104 valence electrons. The molecule has 5 heteroatoms. The van der Waals surface area contributed by atoms with Gasteiger partial charge in [0.25, 0.3) is 0 Å². The Balaban J connectivity index is 2.95. The van der Waals surface area contributed by atoms with Crippen molar-refractivity contribution in [3.05, 3.63) is 0 Å². The van der Waals surface area contributed by atoms with Crippen LogP contribution < -0.4 is 0 Å². The van der Waals surface area contributed by atoms with Gasteiger partial charge in [0.2, 0.25) is 6.08 Å². The normalized spacial score (nSPS) is 25.4. The summed E-state index contributed by atoms with van der Waals surface area (Å²) < 4.78 is 6.60. The van der Waals surface area contributed by atoms with E-state index in [0.29, 0.717) is 6.54 Å². The molecule has 18 heavy (non-hydrogen) atoms. The van der Waals surface area contributed by atoms with Gasteiger partial charge in [-0.15, -0.1) is 0 Å². The van der Waals surface area contributed by atoms with Crippen molar-refractivity contribution in [3.63, 3.8) is 0 Å². The maximum Gasteiger partial charge on any atom is 0.235 e. The van der Waals surface area contributed by atoms with Gasteiger partial charge in [-0.1, -0.05) is 45.8 Å². The third-order valence-corrected chi connectivity index (χ3v) is 25.3. The Morgan fingerprint density at radius 2 is 1.78 bits per heavy atom. The summed E-state index contributed by atoms with van der Waals surface area (Å²) in [6, 6.07) is 6.58. The Kier molecular flexibility index (Phi) is 5.98. The average Bonchev–Trinajstić information content (AvgIpc) is 2.44. The highest BCUT2D eigenvalue weighted by atomic mass is 29.3. The molecule has 1 unspecified atom stereocenters. The minimum Gasteiger partial charge on any atom is -0.415 e. The maximum absolute atomic E-state index is 10.3. The van der Waals surface area contributed by atoms with Crippen LogP contribution in [0.25, 0.3) is 0 Å². The lowest BCUT2D eigenvalue weighted by atomic mass is 10.3. The average molecular weight is 286 g/mol. The van der Waals surface area contributed by atoms with Crippen LogP contribution in [-0.4, -0.2) is 34.2 Å². The van der Waals surface area contributed by atoms with Crippen LogP contribution in [0.1, 0.15) is 34.1 Å². The summed E-state index contributed by atoms with van der Waals surface area (Å²) in [5.74, 6) is 0. The summed E-state index contributed by atoms with van der Waals surface area (Å²) in [5.41, 5.74) is 0. The highest BCUT2D eigenvalue weighted by Gasteiger charge is 2.55. The summed E-state index contributed by atoms with van der Waals surface area (Å²) in [4.78, 5) is 14.0. The maximum atomic E-state index is 10.3. The predicted molar refractivity (Wildman–Crippen MR) is 80.7 cm³/mol. The second-order valence-electron chi connectivity index (χ2n) is 5.40. The number of rotatable bonds is 6. The van der Waals surface area contributed by atoms with Crippen LogP contribution in [0, 0.1) is 0 Å². The zero-order valence-corrected chi connectivity index (χ0v) is 14.3. The molecular weight excluding hydrogens is 258 g/mol. The number of isocyanates is 1. The number of hydrogen-bond donors (Lipinski definition) is 0. The van der Waals surface area contributed by atoms with Gasteiger partial charge in [-0.2, -0.15) is 0 Å². The molecule has 0 amide bonds. The molecule has 0 radical (unpaired) electrons. The fraction of sp³-hybridized carbons (Fsp3) is 0.923. The Bertz CT molecular complexity index is 308. The Morgan fingerprint density at radius 1 is 1.17 bits per heavy atom. The van der Waals surface area contributed by atoms with E-state index in [0.717, 1.165) is 6.42 Å². The molecule has 0 saturated carbocycles. The molecule has 1 rings (SSSR count). The van der Waals surface area contributed by atoms with Crippen molar-refractivity contribution in [2.24, 2.45) is 4.99 Å². The van der Waals surface area contributed by atoms with Crippen LogP contribution in [0.3, 0.4) is 0 Å². The first-order valence-electron chi connectivity index (χ1n) is 7.35. The molecule has 1 fully saturated rings. The molecule has 1 heterocycles. The minimum absolute atomic E-state index is 0.191. The molecule has 0 aromatic rings. The van der Waals surface area contributed by atoms with Crippen LogP contribution in [0.2, 0.25) is 30.2 Å². The van der Waals surface area contributed by atoms with Gasteiger partial charge in [0.1, 0.15) is 0 Å². The highest BCUT2D eigenvalue weighted by Crippen LogP contribution is 2.43. The lowest BCUT2D eigenvalue weighted by Crippen LogP contribution is -2.67. The minimum atomic E-state index is -1.57. The molecule has 1 saturated heterocycles. The second-order valence-corrected chi connectivity index (χ2v) is 19.4. The van der Waals surface area contributed by atoms with E-state index in [9.17, 15) is 4.79 Å². The van der Waals surface area contributed by atoms with Crippen molar-refractivity contribution in [2.45, 2.75) is 70.4 Å². The molecule has 3 nitrogen and oxygen atoms in total. The van der Waals surface area contributed by atoms with Gasteiger partial charge >= 0.3 is 0 Å². The first-order chi connectivity index (χ1) is 8.63. The molecule has 0 aromatic carbocycles. The van der Waals surface area contributed by atoms with Gasteiger partial charge in [-0.25, -0.2) is 9.79 Å². The van der Waals surface area contributed by atoms with E-state index in [1.807, 2.05) is 0 Å². The second kappa shape index (κ2) is 6.80. The molecule has 1 aliphatic heterocycles. The van der Waals surface area contributed by atoms with Gasteiger partial charge < -0.3 is 4.43 Å². The summed E-state index contributed by atoms with van der Waals surface area (Å²) in [6.45, 7) is 9.89. The summed E-state index contributed by atoms with van der Waals surface area (Å²) in [5, 5.41) is 0. The van der Waals surface area contributed by atoms with Crippen LogP contribution in [0.15, 0.2) is 4.99 Å². The molecule has 1 aliphatic rings. The summed E-state index contributed by atoms with van der Waals surface area (Å²) in [7, 11) is -2.79. The van der Waals surface area contributed by atoms with E-state index < -0.39 is 15.4 Å². The summed E-state index contributed by atoms with van der Waals surface area (Å²) in [6.07, 6.45) is 2.95. The highest BCUT2D eigenvalue weighted by molar-refractivity contribution is 7.40. The van der Waals surface area contributed by atoms with Crippen LogP contribution in [0.5, 0.6) is 0 Å². The number of hydrogen-bond acceptors (Lipinski definition) is 3. The van der Waals surface area contributed by atoms with Crippen LogP contribution >= 0.6 is 0 Å². The SMILES string of the molecule is CC[Si]1(CC)CCC(CN=C=O)O[Si]1(CC)CC. The molecule has 0 aromatic heterocycles. The van der Waals surface area contributed by atoms with E-state index in [-0.39, 0.29) is 6.10 Å². The number of aliphatic imine (C=N–C) groups is 1. The van der Waals surface area contributed by atoms with Crippen molar-refractivity contribution in [1.29, 1.82) is 0 Å². The number of nitrogens with zero attached hydrogens (tertiary/aromatic N) is 1. The third kappa shape index (κ3) is 2.69. The Morgan fingerprint density at radius 3 is 2.22 bits per heavy atom. The van der Waals surface area contributed by atoms with Crippen LogP contribution in [0.4, 0.5) is 0 Å². The van der Waals surface area contributed by atoms with E-state index in [1.165, 1.54) is 30.2 Å². The zero-order chi connectivity index (χ0) is 13.6. The molecule has 1 atom stereocenters. The smallest absolute Gasteiger partial charge is 0.235 e. The Labute approximate surface area is 113 Å². The van der Waals surface area contributed by atoms with Crippen molar-refractivity contribution in [3.8, 4) is 0 Å². The lowest BCUT2D eigenvalue weighted by molar-refractivity contribution is 0.189. The van der Waals surface area contributed by atoms with Crippen molar-refractivity contribution in [1.82, 2.24) is 0 Å². The standard InChI is InChI=1S/C13H27NO2Si2/c1-5-17(6-2)10-9-13(11-14-12-15)16-18(17,7-3)8-4/h13H,5-11H2,1-4H3. The van der Waals surface area contributed by atoms with Gasteiger partial charge in [0.15, 0.2) is 7.83 Å². The quantitative estimate of drug-likeness (QED) is 0.424. The van der Waals surface area contributed by atoms with Crippen LogP contribution in [-0.2, 0) is 9.22 Å². The topological polar surface area (TPSA) is 38.7 Å². The third-order valence-electron chi connectivity index (χ3n) is 5.16. The number of carbonyl (C=O) groups excluding carboxylic acids is 1. The van der Waals surface area contributed by atoms with Crippen molar-refractivity contribution < 1.29 is 9.22 Å². The largest absolute Gasteiger partial charge is 0.415 e. The fourth-order valence-corrected chi connectivity index (χ4v) is 22.5. The molecule has 0 aliphatic carbocycles. The zero-order valence-electron chi connectivity index (χ0n) is 12.3. The van der Waals surface area contributed by atoms with Gasteiger partial charge in [-0.3, -0.25) is 0 Å². The Hall–Kier alpha value is -0.226. The first-order valence-corrected chi connectivity index (χ1v) is 13.3. The van der Waals surface area contributed by atoms with E-state index in [4.69, 9.17) is 4.43 Å². The van der Waals surface area contributed by atoms with E-state index in [2.05, 4.69) is 32.7 Å². The lowest BCUT2D eigenvalue weighted by Gasteiger charge is -2.52. The van der Waals surface area contributed by atoms with Gasteiger partial charge in [0.05, 0.1) is 20.2 Å². The van der Waals surface area contributed by atoms with E-state index >= 15 is 0 Å². The predicted octanol–water partition coefficient (Wildman–Crippen LogP) is 3.66. The first kappa shape index (κ1) is 15.8. The summed E-state index contributed by atoms with van der Waals surface area (Å²) >= 11 is 0. The molecule has 0 spiro atoms. The van der Waals surface area contributed by atoms with Crippen molar-refractivity contribution in [2.75, 3.05) is 6.54 Å².